The van der Waals surface area contributed by atoms with Gasteiger partial charge in [-0.15, -0.1) is 0 Å². The molecule has 3 aromatic heterocycles. The zero-order valence-corrected chi connectivity index (χ0v) is 13.5. The van der Waals surface area contributed by atoms with Crippen molar-refractivity contribution in [3.05, 3.63) is 63.2 Å². The Bertz CT molecular complexity index is 1020. The number of nitrogens with one attached hydrogen (secondary N) is 1. The fourth-order valence-corrected chi connectivity index (χ4v) is 3.21. The third-order valence-corrected chi connectivity index (χ3v) is 4.45. The number of aromatic amines is 1. The van der Waals surface area contributed by atoms with E-state index in [4.69, 9.17) is 0 Å². The number of rotatable bonds is 1. The molecule has 1 N–H and O–H groups in total. The monoisotopic (exact) mass is 323 g/mol. The van der Waals surface area contributed by atoms with Crippen LogP contribution in [0.2, 0.25) is 0 Å². The van der Waals surface area contributed by atoms with Crippen molar-refractivity contribution in [2.24, 2.45) is 0 Å². The fraction of sp³-hybridized carbons (Fsp3) is 0.294. The molecule has 1 aliphatic rings. The first-order valence-electron chi connectivity index (χ1n) is 7.86. The molecule has 3 aromatic rings. The molecule has 7 nitrogen and oxygen atoms in total. The number of aryl methyl sites for hydroxylation is 2. The van der Waals surface area contributed by atoms with Crippen LogP contribution in [0.3, 0.4) is 0 Å². The van der Waals surface area contributed by atoms with Crippen LogP contribution >= 0.6 is 0 Å². The Hall–Kier alpha value is -2.96. The van der Waals surface area contributed by atoms with Crippen molar-refractivity contribution >= 4 is 11.6 Å². The molecular weight excluding hydrogens is 306 g/mol. The third kappa shape index (κ3) is 2.20. The van der Waals surface area contributed by atoms with Crippen LogP contribution in [0.15, 0.2) is 29.2 Å². The lowest BCUT2D eigenvalue weighted by Gasteiger charge is -2.27. The summed E-state index contributed by atoms with van der Waals surface area (Å²) in [4.78, 5) is 38.2. The molecular formula is C17H17N5O2. The molecule has 0 aromatic carbocycles. The molecule has 0 radical (unpaired) electrons. The average Bonchev–Trinajstić information content (AvgIpc) is 2.91. The van der Waals surface area contributed by atoms with Crippen molar-refractivity contribution in [1.82, 2.24) is 24.3 Å². The highest BCUT2D eigenvalue weighted by atomic mass is 16.2. The number of amides is 1. The van der Waals surface area contributed by atoms with Gasteiger partial charge in [-0.25, -0.2) is 9.97 Å². The number of pyridine rings is 1. The summed E-state index contributed by atoms with van der Waals surface area (Å²) in [5.41, 5.74) is 3.27. The summed E-state index contributed by atoms with van der Waals surface area (Å²) in [6.45, 7) is 4.46. The maximum absolute atomic E-state index is 12.9. The van der Waals surface area contributed by atoms with E-state index in [1.54, 1.807) is 11.8 Å². The molecule has 0 saturated carbocycles. The summed E-state index contributed by atoms with van der Waals surface area (Å²) in [5.74, 6) is 0.443. The molecule has 1 amide bonds. The Morgan fingerprint density at radius 1 is 1.25 bits per heavy atom. The van der Waals surface area contributed by atoms with Gasteiger partial charge in [-0.05, 0) is 32.4 Å². The van der Waals surface area contributed by atoms with Crippen molar-refractivity contribution in [3.63, 3.8) is 0 Å². The van der Waals surface area contributed by atoms with Gasteiger partial charge in [0.2, 0.25) is 0 Å². The van der Waals surface area contributed by atoms with Crippen LogP contribution in [-0.2, 0) is 13.0 Å². The van der Waals surface area contributed by atoms with Gasteiger partial charge < -0.3 is 14.3 Å². The number of H-pyrrole nitrogens is 1. The molecule has 122 valence electrons. The number of carbonyl (C=O) groups is 1. The van der Waals surface area contributed by atoms with Gasteiger partial charge in [-0.3, -0.25) is 9.59 Å². The van der Waals surface area contributed by atoms with Crippen molar-refractivity contribution in [2.75, 3.05) is 6.54 Å². The van der Waals surface area contributed by atoms with Crippen LogP contribution in [0.4, 0.5) is 0 Å². The van der Waals surface area contributed by atoms with Gasteiger partial charge in [0.1, 0.15) is 17.2 Å². The minimum absolute atomic E-state index is 0.103. The molecule has 1 aliphatic heterocycles. The number of nitrogens with zero attached hydrogens (tertiary/aromatic N) is 4. The van der Waals surface area contributed by atoms with E-state index in [1.807, 2.05) is 35.7 Å². The van der Waals surface area contributed by atoms with E-state index in [-0.39, 0.29) is 11.5 Å². The summed E-state index contributed by atoms with van der Waals surface area (Å²) in [6.07, 6.45) is 2.40. The smallest absolute Gasteiger partial charge is 0.274 e. The molecule has 7 heteroatoms. The molecule has 0 saturated heterocycles. The fourth-order valence-electron chi connectivity index (χ4n) is 3.21. The highest BCUT2D eigenvalue weighted by Crippen LogP contribution is 2.19. The molecule has 0 spiro atoms. The van der Waals surface area contributed by atoms with E-state index in [1.165, 1.54) is 0 Å². The van der Waals surface area contributed by atoms with Gasteiger partial charge in [-0.1, -0.05) is 6.07 Å². The summed E-state index contributed by atoms with van der Waals surface area (Å²) < 4.78 is 1.90. The highest BCUT2D eigenvalue weighted by Gasteiger charge is 2.27. The molecule has 0 aliphatic carbocycles. The second kappa shape index (κ2) is 5.30. The minimum atomic E-state index is -0.124. The lowest BCUT2D eigenvalue weighted by molar-refractivity contribution is 0.0725. The number of aromatic nitrogens is 4. The van der Waals surface area contributed by atoms with Gasteiger partial charge in [0.05, 0.1) is 17.9 Å². The summed E-state index contributed by atoms with van der Waals surface area (Å²) in [6, 6.07) is 5.68. The average molecular weight is 323 g/mol. The molecule has 0 fully saturated rings. The lowest BCUT2D eigenvalue weighted by atomic mass is 10.1. The van der Waals surface area contributed by atoms with E-state index < -0.39 is 0 Å². The van der Waals surface area contributed by atoms with Crippen LogP contribution < -0.4 is 5.56 Å². The van der Waals surface area contributed by atoms with Crippen molar-refractivity contribution < 1.29 is 4.79 Å². The SMILES string of the molecule is Cc1nc2c(c(=O)[nH]1)CCN(C(=O)c1nc3ccccn3c1C)C2. The molecule has 4 heterocycles. The van der Waals surface area contributed by atoms with E-state index in [0.717, 1.165) is 11.3 Å². The van der Waals surface area contributed by atoms with Crippen molar-refractivity contribution in [1.29, 1.82) is 0 Å². The second-order valence-electron chi connectivity index (χ2n) is 6.03. The zero-order valence-electron chi connectivity index (χ0n) is 13.5. The van der Waals surface area contributed by atoms with E-state index >= 15 is 0 Å². The second-order valence-corrected chi connectivity index (χ2v) is 6.03. The van der Waals surface area contributed by atoms with Gasteiger partial charge in [-0.2, -0.15) is 0 Å². The highest BCUT2D eigenvalue weighted by molar-refractivity contribution is 5.94. The topological polar surface area (TPSA) is 83.4 Å². The quantitative estimate of drug-likeness (QED) is 0.730. The Labute approximate surface area is 138 Å². The van der Waals surface area contributed by atoms with Gasteiger partial charge in [0.15, 0.2) is 0 Å². The number of imidazole rings is 1. The third-order valence-electron chi connectivity index (χ3n) is 4.45. The van der Waals surface area contributed by atoms with E-state index in [9.17, 15) is 9.59 Å². The maximum Gasteiger partial charge on any atom is 0.274 e. The molecule has 0 atom stereocenters. The Morgan fingerprint density at radius 3 is 2.88 bits per heavy atom. The predicted molar refractivity (Wildman–Crippen MR) is 88.0 cm³/mol. The Morgan fingerprint density at radius 2 is 2.08 bits per heavy atom. The lowest BCUT2D eigenvalue weighted by Crippen LogP contribution is -2.39. The van der Waals surface area contributed by atoms with Gasteiger partial charge in [0, 0.05) is 18.3 Å². The molecule has 0 bridgehead atoms. The largest absolute Gasteiger partial charge is 0.331 e. The number of fused-ring (bicyclic) bond motifs is 2. The van der Waals surface area contributed by atoms with Crippen LogP contribution in [-0.4, -0.2) is 36.7 Å². The Kier molecular flexibility index (Phi) is 3.23. The van der Waals surface area contributed by atoms with Gasteiger partial charge in [0.25, 0.3) is 11.5 Å². The van der Waals surface area contributed by atoms with E-state index in [2.05, 4.69) is 15.0 Å². The van der Waals surface area contributed by atoms with E-state index in [0.29, 0.717) is 42.3 Å². The summed E-state index contributed by atoms with van der Waals surface area (Å²) in [5, 5.41) is 0. The van der Waals surface area contributed by atoms with Crippen LogP contribution in [0.5, 0.6) is 0 Å². The molecule has 24 heavy (non-hydrogen) atoms. The minimum Gasteiger partial charge on any atom is -0.331 e. The van der Waals surface area contributed by atoms with Crippen LogP contribution in [0.25, 0.3) is 5.65 Å². The normalized spacial score (nSPS) is 14.0. The van der Waals surface area contributed by atoms with Crippen molar-refractivity contribution in [2.45, 2.75) is 26.8 Å². The first kappa shape index (κ1) is 14.6. The Balaban J connectivity index is 1.70. The first-order valence-corrected chi connectivity index (χ1v) is 7.86. The predicted octanol–water partition coefficient (Wildman–Crippen LogP) is 1.23. The standard InChI is InChI=1S/C17H17N5O2/c1-10-15(20-14-5-3-4-7-22(10)14)17(24)21-8-6-12-13(9-21)18-11(2)19-16(12)23/h3-5,7H,6,8-9H2,1-2H3,(H,18,19,23). The number of hydrogen-bond acceptors (Lipinski definition) is 4. The van der Waals surface area contributed by atoms with Gasteiger partial charge >= 0.3 is 0 Å². The number of hydrogen-bond donors (Lipinski definition) is 1. The summed E-state index contributed by atoms with van der Waals surface area (Å²) in [7, 11) is 0. The maximum atomic E-state index is 12.9. The zero-order chi connectivity index (χ0) is 16.8. The number of carbonyl (C=O) groups excluding carboxylic acids is 1. The first-order chi connectivity index (χ1) is 11.5. The molecule has 0 unspecified atom stereocenters. The van der Waals surface area contributed by atoms with Crippen LogP contribution in [0, 0.1) is 13.8 Å². The van der Waals surface area contributed by atoms with Crippen molar-refractivity contribution in [3.8, 4) is 0 Å². The summed E-state index contributed by atoms with van der Waals surface area (Å²) >= 11 is 0. The van der Waals surface area contributed by atoms with Crippen LogP contribution in [0.1, 0.15) is 33.3 Å². The molecule has 4 rings (SSSR count).